The smallest absolute Gasteiger partial charge is 0.348 e. The minimum Gasteiger partial charge on any atom is -0.348 e. The van der Waals surface area contributed by atoms with Gasteiger partial charge in [-0.1, -0.05) is 0 Å². The van der Waals surface area contributed by atoms with Gasteiger partial charge in [0.2, 0.25) is 0 Å². The molecule has 0 aliphatic heterocycles. The van der Waals surface area contributed by atoms with Crippen LogP contribution in [0.2, 0.25) is 0 Å². The molecule has 0 aliphatic carbocycles. The molecule has 0 aromatic carbocycles. The van der Waals surface area contributed by atoms with Crippen molar-refractivity contribution in [1.82, 2.24) is 14.3 Å². The highest BCUT2D eigenvalue weighted by molar-refractivity contribution is 6.00. The topological polar surface area (TPSA) is 39.8 Å². The average Bonchev–Trinajstić information content (AvgIpc) is 2.85. The van der Waals surface area contributed by atoms with Crippen molar-refractivity contribution in [2.24, 2.45) is 7.05 Å². The van der Waals surface area contributed by atoms with Crippen LogP contribution in [0.5, 0.6) is 0 Å². The van der Waals surface area contributed by atoms with Crippen LogP contribution in [-0.2, 0) is 13.6 Å². The molecule has 0 aliphatic rings. The van der Waals surface area contributed by atoms with Crippen LogP contribution in [0.1, 0.15) is 21.7 Å². The monoisotopic (exact) mass is 271 g/mol. The SMILES string of the molecule is Cc1cc(Cn2ccc(C(=O)C(F)(F)F)c2)n(C)n1. The summed E-state index contributed by atoms with van der Waals surface area (Å²) < 4.78 is 40.0. The van der Waals surface area contributed by atoms with Crippen molar-refractivity contribution in [2.75, 3.05) is 0 Å². The van der Waals surface area contributed by atoms with Crippen molar-refractivity contribution in [1.29, 1.82) is 0 Å². The molecule has 0 radical (unpaired) electrons. The average molecular weight is 271 g/mol. The van der Waals surface area contributed by atoms with Crippen LogP contribution in [0.15, 0.2) is 24.5 Å². The van der Waals surface area contributed by atoms with Gasteiger partial charge in [0.05, 0.1) is 17.9 Å². The van der Waals surface area contributed by atoms with Crippen molar-refractivity contribution in [3.8, 4) is 0 Å². The number of carbonyl (C=O) groups is 1. The Kier molecular flexibility index (Phi) is 3.21. The van der Waals surface area contributed by atoms with Crippen LogP contribution in [0.4, 0.5) is 13.2 Å². The lowest BCUT2D eigenvalue weighted by atomic mass is 10.2. The van der Waals surface area contributed by atoms with Gasteiger partial charge < -0.3 is 4.57 Å². The van der Waals surface area contributed by atoms with Gasteiger partial charge in [-0.3, -0.25) is 9.48 Å². The molecule has 2 rings (SSSR count). The maximum Gasteiger partial charge on any atom is 0.454 e. The number of rotatable bonds is 3. The molecule has 0 bridgehead atoms. The summed E-state index contributed by atoms with van der Waals surface area (Å²) in [5, 5.41) is 4.14. The van der Waals surface area contributed by atoms with Gasteiger partial charge in [0.1, 0.15) is 0 Å². The van der Waals surface area contributed by atoms with E-state index in [0.29, 0.717) is 6.54 Å². The molecule has 0 saturated heterocycles. The molecule has 2 aromatic heterocycles. The first kappa shape index (κ1) is 13.4. The first-order valence-corrected chi connectivity index (χ1v) is 5.54. The third-order valence-electron chi connectivity index (χ3n) is 2.71. The molecule has 0 fully saturated rings. The summed E-state index contributed by atoms with van der Waals surface area (Å²) in [6, 6.07) is 3.00. The molecule has 0 atom stereocenters. The van der Waals surface area contributed by atoms with E-state index in [9.17, 15) is 18.0 Å². The number of nitrogens with zero attached hydrogens (tertiary/aromatic N) is 3. The number of hydrogen-bond acceptors (Lipinski definition) is 2. The number of aromatic nitrogens is 3. The lowest BCUT2D eigenvalue weighted by molar-refractivity contribution is -0.0885. The standard InChI is InChI=1S/C12H12F3N3O/c1-8-5-10(17(2)16-8)7-18-4-3-9(6-18)11(19)12(13,14)15/h3-6H,7H2,1-2H3. The number of alkyl halides is 3. The van der Waals surface area contributed by atoms with Crippen molar-refractivity contribution in [3.05, 3.63) is 41.5 Å². The number of ketones is 1. The van der Waals surface area contributed by atoms with E-state index in [4.69, 9.17) is 0 Å². The van der Waals surface area contributed by atoms with Crippen molar-refractivity contribution < 1.29 is 18.0 Å². The Bertz CT molecular complexity index is 610. The summed E-state index contributed by atoms with van der Waals surface area (Å²) in [6.45, 7) is 2.19. The lowest BCUT2D eigenvalue weighted by Crippen LogP contribution is -2.22. The van der Waals surface area contributed by atoms with E-state index in [1.807, 2.05) is 13.0 Å². The summed E-state index contributed by atoms with van der Waals surface area (Å²) >= 11 is 0. The molecule has 0 amide bonds. The third kappa shape index (κ3) is 2.86. The molecular weight excluding hydrogens is 259 g/mol. The highest BCUT2D eigenvalue weighted by Crippen LogP contribution is 2.21. The van der Waals surface area contributed by atoms with Crippen LogP contribution in [0.25, 0.3) is 0 Å². The van der Waals surface area contributed by atoms with Crippen molar-refractivity contribution in [3.63, 3.8) is 0 Å². The first-order valence-electron chi connectivity index (χ1n) is 5.54. The lowest BCUT2D eigenvalue weighted by Gasteiger charge is -2.04. The fourth-order valence-electron chi connectivity index (χ4n) is 1.84. The highest BCUT2D eigenvalue weighted by Gasteiger charge is 2.39. The van der Waals surface area contributed by atoms with Gasteiger partial charge in [0, 0.05) is 25.0 Å². The van der Waals surface area contributed by atoms with Gasteiger partial charge in [0.15, 0.2) is 0 Å². The van der Waals surface area contributed by atoms with Crippen LogP contribution >= 0.6 is 0 Å². The molecular formula is C12H12F3N3O. The molecule has 7 heteroatoms. The van der Waals surface area contributed by atoms with E-state index in [-0.39, 0.29) is 5.56 Å². The van der Waals surface area contributed by atoms with Crippen LogP contribution in [0.3, 0.4) is 0 Å². The number of halogens is 3. The molecule has 4 nitrogen and oxygen atoms in total. The number of aryl methyl sites for hydroxylation is 2. The van der Waals surface area contributed by atoms with Crippen LogP contribution in [-0.4, -0.2) is 26.3 Å². The Hall–Kier alpha value is -2.05. The molecule has 102 valence electrons. The second-order valence-corrected chi connectivity index (χ2v) is 4.30. The normalized spacial score (nSPS) is 11.8. The second kappa shape index (κ2) is 4.56. The zero-order valence-electron chi connectivity index (χ0n) is 10.4. The Labute approximate surface area is 107 Å². The predicted molar refractivity (Wildman–Crippen MR) is 61.9 cm³/mol. The Morgan fingerprint density at radius 3 is 2.63 bits per heavy atom. The van der Waals surface area contributed by atoms with Gasteiger partial charge in [-0.15, -0.1) is 0 Å². The zero-order chi connectivity index (χ0) is 14.2. The highest BCUT2D eigenvalue weighted by atomic mass is 19.4. The van der Waals surface area contributed by atoms with Crippen LogP contribution < -0.4 is 0 Å². The summed E-state index contributed by atoms with van der Waals surface area (Å²) in [5.74, 6) is -1.83. The largest absolute Gasteiger partial charge is 0.454 e. The summed E-state index contributed by atoms with van der Waals surface area (Å²) in [5.41, 5.74) is 1.32. The minimum absolute atomic E-state index is 0.355. The first-order chi connectivity index (χ1) is 8.77. The maximum atomic E-state index is 12.3. The van der Waals surface area contributed by atoms with Crippen molar-refractivity contribution in [2.45, 2.75) is 19.6 Å². The fourth-order valence-corrected chi connectivity index (χ4v) is 1.84. The quantitative estimate of drug-likeness (QED) is 0.804. The van der Waals surface area contributed by atoms with E-state index in [1.54, 1.807) is 11.7 Å². The van der Waals surface area contributed by atoms with Crippen LogP contribution in [0, 0.1) is 6.92 Å². The molecule has 0 N–H and O–H groups in total. The zero-order valence-corrected chi connectivity index (χ0v) is 10.4. The van der Waals surface area contributed by atoms with E-state index < -0.39 is 12.0 Å². The third-order valence-corrected chi connectivity index (χ3v) is 2.71. The maximum absolute atomic E-state index is 12.3. The van der Waals surface area contributed by atoms with E-state index >= 15 is 0 Å². The van der Waals surface area contributed by atoms with E-state index in [2.05, 4.69) is 5.10 Å². The number of hydrogen-bond donors (Lipinski definition) is 0. The van der Waals surface area contributed by atoms with Gasteiger partial charge in [-0.25, -0.2) is 0 Å². The van der Waals surface area contributed by atoms with Gasteiger partial charge in [-0.05, 0) is 19.1 Å². The Morgan fingerprint density at radius 1 is 1.42 bits per heavy atom. The van der Waals surface area contributed by atoms with E-state index in [1.165, 1.54) is 23.0 Å². The summed E-state index contributed by atoms with van der Waals surface area (Å²) in [4.78, 5) is 11.0. The predicted octanol–water partition coefficient (Wildman–Crippen LogP) is 2.32. The van der Waals surface area contributed by atoms with Gasteiger partial charge in [0.25, 0.3) is 5.78 Å². The van der Waals surface area contributed by atoms with Gasteiger partial charge in [-0.2, -0.15) is 18.3 Å². The minimum atomic E-state index is -4.84. The van der Waals surface area contributed by atoms with E-state index in [0.717, 1.165) is 11.4 Å². The molecule has 19 heavy (non-hydrogen) atoms. The second-order valence-electron chi connectivity index (χ2n) is 4.30. The number of carbonyl (C=O) groups excluding carboxylic acids is 1. The molecule has 0 unspecified atom stereocenters. The van der Waals surface area contributed by atoms with Gasteiger partial charge >= 0.3 is 6.18 Å². The van der Waals surface area contributed by atoms with Crippen molar-refractivity contribution >= 4 is 5.78 Å². The fraction of sp³-hybridized carbons (Fsp3) is 0.333. The Balaban J connectivity index is 2.18. The summed E-state index contributed by atoms with van der Waals surface area (Å²) in [6.07, 6.45) is -2.20. The molecule has 2 heterocycles. The number of Topliss-reactive ketones (excluding diaryl/α,β-unsaturated/α-hetero) is 1. The summed E-state index contributed by atoms with van der Waals surface area (Å²) in [7, 11) is 1.76. The molecule has 2 aromatic rings. The molecule has 0 saturated carbocycles. The molecule has 0 spiro atoms. The Morgan fingerprint density at radius 2 is 2.11 bits per heavy atom.